The van der Waals surface area contributed by atoms with Gasteiger partial charge >= 0.3 is 10.2 Å². The first-order chi connectivity index (χ1) is 7.46. The molecule has 0 saturated heterocycles. The Kier molecular flexibility index (Phi) is 3.07. The van der Waals surface area contributed by atoms with Gasteiger partial charge in [-0.15, -0.1) is 3.89 Å². The topological polar surface area (TPSA) is 52.6 Å². The number of ether oxygens (including phenoxy) is 2. The molecule has 0 atom stereocenters. The van der Waals surface area contributed by atoms with Crippen molar-refractivity contribution in [2.75, 3.05) is 13.2 Å². The molecule has 0 aromatic heterocycles. The third-order valence-corrected chi connectivity index (χ3v) is 3.26. The Morgan fingerprint density at radius 3 is 2.69 bits per heavy atom. The maximum Gasteiger partial charge on any atom is 0.306 e. The van der Waals surface area contributed by atoms with E-state index in [9.17, 15) is 12.3 Å². The molecule has 0 aliphatic carbocycles. The summed E-state index contributed by atoms with van der Waals surface area (Å²) < 4.78 is 44.7. The summed E-state index contributed by atoms with van der Waals surface area (Å²) in [6.07, 6.45) is 0. The first-order valence-electron chi connectivity index (χ1n) is 4.46. The first kappa shape index (κ1) is 11.7. The molecule has 0 unspecified atom stereocenters. The van der Waals surface area contributed by atoms with Gasteiger partial charge in [-0.25, -0.2) is 0 Å². The van der Waals surface area contributed by atoms with Crippen LogP contribution < -0.4 is 9.47 Å². The molecule has 1 heterocycles. The second kappa shape index (κ2) is 4.21. The fourth-order valence-corrected chi connectivity index (χ4v) is 2.62. The van der Waals surface area contributed by atoms with Crippen LogP contribution in [0.4, 0.5) is 3.89 Å². The van der Waals surface area contributed by atoms with E-state index < -0.39 is 16.0 Å². The van der Waals surface area contributed by atoms with E-state index in [1.165, 1.54) is 12.1 Å². The van der Waals surface area contributed by atoms with Crippen LogP contribution in [0, 0.1) is 0 Å². The Balaban J connectivity index is 2.39. The molecule has 0 N–H and O–H groups in total. The van der Waals surface area contributed by atoms with Gasteiger partial charge in [-0.05, 0) is 33.6 Å². The Labute approximate surface area is 101 Å². The van der Waals surface area contributed by atoms with Crippen LogP contribution in [0.15, 0.2) is 16.6 Å². The van der Waals surface area contributed by atoms with Crippen molar-refractivity contribution in [2.45, 2.75) is 5.75 Å². The van der Waals surface area contributed by atoms with Crippen molar-refractivity contribution in [2.24, 2.45) is 0 Å². The van der Waals surface area contributed by atoms with Crippen LogP contribution in [-0.4, -0.2) is 21.6 Å². The predicted octanol–water partition coefficient (Wildman–Crippen LogP) is 2.02. The van der Waals surface area contributed by atoms with Crippen LogP contribution in [0.2, 0.25) is 0 Å². The maximum atomic E-state index is 12.5. The van der Waals surface area contributed by atoms with Gasteiger partial charge in [0.25, 0.3) is 0 Å². The zero-order chi connectivity index (χ0) is 11.8. The van der Waals surface area contributed by atoms with Gasteiger partial charge in [0.1, 0.15) is 19.0 Å². The van der Waals surface area contributed by atoms with E-state index in [2.05, 4.69) is 15.9 Å². The van der Waals surface area contributed by atoms with E-state index in [1.54, 1.807) is 0 Å². The highest BCUT2D eigenvalue weighted by atomic mass is 79.9. The molecule has 0 radical (unpaired) electrons. The molecule has 0 spiro atoms. The van der Waals surface area contributed by atoms with E-state index in [-0.39, 0.29) is 0 Å². The van der Waals surface area contributed by atoms with Crippen LogP contribution in [-0.2, 0) is 16.0 Å². The molecule has 1 aromatic carbocycles. The average Bonchev–Trinajstić information content (AvgIpc) is 2.15. The zero-order valence-electron chi connectivity index (χ0n) is 8.07. The Bertz CT molecular complexity index is 514. The lowest BCUT2D eigenvalue weighted by molar-refractivity contribution is 0.170. The Morgan fingerprint density at radius 2 is 2.00 bits per heavy atom. The summed E-state index contributed by atoms with van der Waals surface area (Å²) in [7, 11) is -4.54. The summed E-state index contributed by atoms with van der Waals surface area (Å²) in [5.74, 6) is 0.285. The highest BCUT2D eigenvalue weighted by Crippen LogP contribution is 2.38. The third-order valence-electron chi connectivity index (χ3n) is 2.00. The van der Waals surface area contributed by atoms with Crippen molar-refractivity contribution in [1.82, 2.24) is 0 Å². The SMILES string of the molecule is O=S(=O)(F)Cc1cc(Br)c2c(c1)OCCO2. The molecule has 88 valence electrons. The van der Waals surface area contributed by atoms with Crippen molar-refractivity contribution < 1.29 is 21.8 Å². The standard InChI is InChI=1S/C9H8BrFO4S/c10-7-3-6(5-16(11,12)13)4-8-9(7)15-2-1-14-8/h3-4H,1-2,5H2. The minimum atomic E-state index is -4.54. The second-order valence-electron chi connectivity index (χ2n) is 3.29. The minimum Gasteiger partial charge on any atom is -0.486 e. The predicted molar refractivity (Wildman–Crippen MR) is 58.9 cm³/mol. The van der Waals surface area contributed by atoms with E-state index in [4.69, 9.17) is 9.47 Å². The van der Waals surface area contributed by atoms with Crippen molar-refractivity contribution in [3.8, 4) is 11.5 Å². The molecular weight excluding hydrogens is 303 g/mol. The quantitative estimate of drug-likeness (QED) is 0.784. The van der Waals surface area contributed by atoms with Crippen molar-refractivity contribution in [3.63, 3.8) is 0 Å². The van der Waals surface area contributed by atoms with E-state index in [0.717, 1.165) is 0 Å². The van der Waals surface area contributed by atoms with Gasteiger partial charge in [-0.3, -0.25) is 0 Å². The molecule has 2 rings (SSSR count). The summed E-state index contributed by atoms with van der Waals surface area (Å²) >= 11 is 3.22. The number of halogens is 2. The minimum absolute atomic E-state index is 0.318. The van der Waals surface area contributed by atoms with Gasteiger partial charge in [0.05, 0.1) is 4.47 Å². The number of hydrogen-bond donors (Lipinski definition) is 0. The summed E-state index contributed by atoms with van der Waals surface area (Å²) in [5.41, 5.74) is 0.318. The molecule has 1 aliphatic heterocycles. The zero-order valence-corrected chi connectivity index (χ0v) is 10.5. The fraction of sp³-hybridized carbons (Fsp3) is 0.333. The molecule has 0 bridgehead atoms. The number of fused-ring (bicyclic) bond motifs is 1. The number of rotatable bonds is 2. The molecule has 0 amide bonds. The summed E-state index contributed by atoms with van der Waals surface area (Å²) in [4.78, 5) is 0. The molecule has 1 aliphatic rings. The van der Waals surface area contributed by atoms with Gasteiger partial charge in [-0.2, -0.15) is 8.42 Å². The number of hydrogen-bond acceptors (Lipinski definition) is 4. The van der Waals surface area contributed by atoms with Crippen molar-refractivity contribution >= 4 is 26.2 Å². The van der Waals surface area contributed by atoms with Crippen LogP contribution in [0.25, 0.3) is 0 Å². The fourth-order valence-electron chi connectivity index (χ4n) is 1.45. The smallest absolute Gasteiger partial charge is 0.306 e. The van der Waals surface area contributed by atoms with Gasteiger partial charge in [-0.1, -0.05) is 0 Å². The van der Waals surface area contributed by atoms with Gasteiger partial charge in [0.15, 0.2) is 11.5 Å². The molecule has 4 nitrogen and oxygen atoms in total. The van der Waals surface area contributed by atoms with Crippen LogP contribution in [0.1, 0.15) is 5.56 Å². The molecule has 7 heteroatoms. The highest BCUT2D eigenvalue weighted by molar-refractivity contribution is 9.10. The largest absolute Gasteiger partial charge is 0.486 e. The van der Waals surface area contributed by atoms with Gasteiger partial charge < -0.3 is 9.47 Å². The second-order valence-corrected chi connectivity index (χ2v) is 5.51. The van der Waals surface area contributed by atoms with Crippen molar-refractivity contribution in [3.05, 3.63) is 22.2 Å². The lowest BCUT2D eigenvalue weighted by Crippen LogP contribution is -2.16. The number of benzene rings is 1. The van der Waals surface area contributed by atoms with Crippen LogP contribution >= 0.6 is 15.9 Å². The Morgan fingerprint density at radius 1 is 1.31 bits per heavy atom. The summed E-state index contributed by atoms with van der Waals surface area (Å²) in [6.45, 7) is 0.831. The molecule has 16 heavy (non-hydrogen) atoms. The van der Waals surface area contributed by atoms with E-state index in [1.807, 2.05) is 0 Å². The Hall–Kier alpha value is -0.820. The van der Waals surface area contributed by atoms with Gasteiger partial charge in [0, 0.05) is 0 Å². The highest BCUT2D eigenvalue weighted by Gasteiger charge is 2.18. The molecule has 1 aromatic rings. The lowest BCUT2D eigenvalue weighted by atomic mass is 10.2. The van der Waals surface area contributed by atoms with Crippen LogP contribution in [0.3, 0.4) is 0 Å². The molecule has 0 fully saturated rings. The van der Waals surface area contributed by atoms with E-state index >= 15 is 0 Å². The normalized spacial score (nSPS) is 14.9. The first-order valence-corrected chi connectivity index (χ1v) is 6.80. The molecular formula is C9H8BrFO4S. The van der Waals surface area contributed by atoms with Crippen molar-refractivity contribution in [1.29, 1.82) is 0 Å². The summed E-state index contributed by atoms with van der Waals surface area (Å²) in [5, 5.41) is 0. The molecule has 0 saturated carbocycles. The van der Waals surface area contributed by atoms with Crippen LogP contribution in [0.5, 0.6) is 11.5 Å². The monoisotopic (exact) mass is 310 g/mol. The third kappa shape index (κ3) is 2.65. The van der Waals surface area contributed by atoms with E-state index in [0.29, 0.717) is 34.7 Å². The maximum absolute atomic E-state index is 12.5. The van der Waals surface area contributed by atoms with Gasteiger partial charge in [0.2, 0.25) is 0 Å². The lowest BCUT2D eigenvalue weighted by Gasteiger charge is -2.20. The average molecular weight is 311 g/mol. The summed E-state index contributed by atoms with van der Waals surface area (Å²) in [6, 6.07) is 2.97.